The topological polar surface area (TPSA) is 24.5 Å². The van der Waals surface area contributed by atoms with Crippen LogP contribution in [-0.2, 0) is 0 Å². The molecule has 0 aromatic heterocycles. The predicted octanol–water partition coefficient (Wildman–Crippen LogP) is 3.47. The number of rotatable bonds is 8. The van der Waals surface area contributed by atoms with Crippen LogP contribution in [-0.4, -0.2) is 38.2 Å². The molecule has 0 aliphatic carbocycles. The van der Waals surface area contributed by atoms with Crippen molar-refractivity contribution >= 4 is 0 Å². The van der Waals surface area contributed by atoms with E-state index in [1.54, 1.807) is 7.11 Å². The third kappa shape index (κ3) is 4.72. The number of methoxy groups -OCH3 is 1. The van der Waals surface area contributed by atoms with E-state index in [0.717, 1.165) is 31.2 Å². The first-order chi connectivity index (χ1) is 10.3. The molecule has 0 saturated carbocycles. The van der Waals surface area contributed by atoms with Gasteiger partial charge < -0.3 is 15.0 Å². The van der Waals surface area contributed by atoms with Crippen molar-refractivity contribution in [3.63, 3.8) is 0 Å². The Balaban J connectivity index is 2.03. The summed E-state index contributed by atoms with van der Waals surface area (Å²) in [6, 6.07) is 8.89. The Kier molecular flexibility index (Phi) is 6.52. The molecule has 0 amide bonds. The predicted molar refractivity (Wildman–Crippen MR) is 88.9 cm³/mol. The van der Waals surface area contributed by atoms with Gasteiger partial charge in [-0.25, -0.2) is 0 Å². The summed E-state index contributed by atoms with van der Waals surface area (Å²) in [4.78, 5) is 2.61. The quantitative estimate of drug-likeness (QED) is 0.793. The Bertz CT molecular complexity index is 421. The maximum Gasteiger partial charge on any atom is 0.119 e. The Morgan fingerprint density at radius 2 is 2.24 bits per heavy atom. The highest BCUT2D eigenvalue weighted by molar-refractivity contribution is 5.30. The smallest absolute Gasteiger partial charge is 0.119 e. The molecule has 1 aliphatic rings. The summed E-state index contributed by atoms with van der Waals surface area (Å²) in [5, 5.41) is 3.70. The minimum Gasteiger partial charge on any atom is -0.497 e. The first-order valence-electron chi connectivity index (χ1n) is 8.36. The van der Waals surface area contributed by atoms with E-state index in [1.807, 2.05) is 6.07 Å². The average Bonchev–Trinajstić information content (AvgIpc) is 2.99. The number of likely N-dealkylation sites (tertiary alicyclic amines) is 1. The van der Waals surface area contributed by atoms with E-state index in [2.05, 4.69) is 42.3 Å². The van der Waals surface area contributed by atoms with E-state index < -0.39 is 0 Å². The van der Waals surface area contributed by atoms with Gasteiger partial charge in [-0.2, -0.15) is 0 Å². The van der Waals surface area contributed by atoms with E-state index in [1.165, 1.54) is 31.5 Å². The zero-order valence-corrected chi connectivity index (χ0v) is 13.8. The van der Waals surface area contributed by atoms with Crippen LogP contribution < -0.4 is 10.1 Å². The maximum atomic E-state index is 5.37. The van der Waals surface area contributed by atoms with Crippen LogP contribution in [0.25, 0.3) is 0 Å². The standard InChI is InChI=1S/C18H30N2O/c1-4-10-19-18(14-20-11-9-15(5-2)13-20)16-7-6-8-17(12-16)21-3/h6-8,12,15,18-19H,4-5,9-11,13-14H2,1-3H3. The summed E-state index contributed by atoms with van der Waals surface area (Å²) in [6.07, 6.45) is 3.83. The van der Waals surface area contributed by atoms with Gasteiger partial charge in [0.2, 0.25) is 0 Å². The Morgan fingerprint density at radius 1 is 1.38 bits per heavy atom. The first-order valence-corrected chi connectivity index (χ1v) is 8.36. The summed E-state index contributed by atoms with van der Waals surface area (Å²) in [7, 11) is 1.74. The fraction of sp³-hybridized carbons (Fsp3) is 0.667. The van der Waals surface area contributed by atoms with Crippen molar-refractivity contribution in [2.24, 2.45) is 5.92 Å². The minimum atomic E-state index is 0.399. The van der Waals surface area contributed by atoms with Gasteiger partial charge in [0.1, 0.15) is 5.75 Å². The number of benzene rings is 1. The summed E-state index contributed by atoms with van der Waals surface area (Å²) >= 11 is 0. The third-order valence-corrected chi connectivity index (χ3v) is 4.52. The third-order valence-electron chi connectivity index (χ3n) is 4.52. The highest BCUT2D eigenvalue weighted by Crippen LogP contribution is 2.24. The van der Waals surface area contributed by atoms with Crippen molar-refractivity contribution in [1.82, 2.24) is 10.2 Å². The number of nitrogens with zero attached hydrogens (tertiary/aromatic N) is 1. The van der Waals surface area contributed by atoms with Gasteiger partial charge >= 0.3 is 0 Å². The highest BCUT2D eigenvalue weighted by Gasteiger charge is 2.24. The van der Waals surface area contributed by atoms with Crippen molar-refractivity contribution in [3.05, 3.63) is 29.8 Å². The molecule has 118 valence electrons. The van der Waals surface area contributed by atoms with Gasteiger partial charge in [0.15, 0.2) is 0 Å². The van der Waals surface area contributed by atoms with E-state index in [4.69, 9.17) is 4.74 Å². The van der Waals surface area contributed by atoms with Crippen LogP contribution >= 0.6 is 0 Å². The lowest BCUT2D eigenvalue weighted by Crippen LogP contribution is -2.34. The van der Waals surface area contributed by atoms with Gasteiger partial charge in [-0.15, -0.1) is 0 Å². The number of hydrogen-bond donors (Lipinski definition) is 1. The van der Waals surface area contributed by atoms with Gasteiger partial charge in [-0.1, -0.05) is 32.4 Å². The molecule has 1 aliphatic heterocycles. The fourth-order valence-electron chi connectivity index (χ4n) is 3.13. The summed E-state index contributed by atoms with van der Waals surface area (Å²) in [5.41, 5.74) is 1.34. The summed E-state index contributed by atoms with van der Waals surface area (Å²) in [5.74, 6) is 1.84. The number of nitrogens with one attached hydrogen (secondary N) is 1. The molecule has 1 aromatic rings. The lowest BCUT2D eigenvalue weighted by molar-refractivity contribution is 0.281. The van der Waals surface area contributed by atoms with Crippen molar-refractivity contribution in [2.45, 2.75) is 39.2 Å². The molecule has 2 rings (SSSR count). The molecule has 2 unspecified atom stereocenters. The molecule has 1 N–H and O–H groups in total. The molecular weight excluding hydrogens is 260 g/mol. The van der Waals surface area contributed by atoms with Crippen LogP contribution in [0.5, 0.6) is 5.75 Å². The van der Waals surface area contributed by atoms with Crippen LogP contribution in [0, 0.1) is 5.92 Å². The van der Waals surface area contributed by atoms with Crippen LogP contribution in [0.4, 0.5) is 0 Å². The summed E-state index contributed by atoms with van der Waals surface area (Å²) in [6.45, 7) is 9.19. The molecule has 3 heteroatoms. The normalized spacial score (nSPS) is 20.6. The molecule has 1 aromatic carbocycles. The van der Waals surface area contributed by atoms with E-state index in [-0.39, 0.29) is 0 Å². The molecule has 0 bridgehead atoms. The van der Waals surface area contributed by atoms with Gasteiger partial charge in [0.05, 0.1) is 7.11 Å². The van der Waals surface area contributed by atoms with Gasteiger partial charge in [0, 0.05) is 19.1 Å². The Morgan fingerprint density at radius 3 is 2.90 bits per heavy atom. The molecule has 1 heterocycles. The first kappa shape index (κ1) is 16.3. The SMILES string of the molecule is CCCNC(CN1CCC(CC)C1)c1cccc(OC)c1. The van der Waals surface area contributed by atoms with Crippen LogP contribution in [0.1, 0.15) is 44.7 Å². The van der Waals surface area contributed by atoms with Crippen molar-refractivity contribution in [1.29, 1.82) is 0 Å². The molecule has 0 radical (unpaired) electrons. The molecule has 21 heavy (non-hydrogen) atoms. The minimum absolute atomic E-state index is 0.399. The monoisotopic (exact) mass is 290 g/mol. The van der Waals surface area contributed by atoms with Crippen LogP contribution in [0.3, 0.4) is 0 Å². The Labute approximate surface area is 129 Å². The molecule has 0 spiro atoms. The fourth-order valence-corrected chi connectivity index (χ4v) is 3.13. The van der Waals surface area contributed by atoms with Crippen molar-refractivity contribution < 1.29 is 4.74 Å². The number of ether oxygens (including phenoxy) is 1. The average molecular weight is 290 g/mol. The largest absolute Gasteiger partial charge is 0.497 e. The van der Waals surface area contributed by atoms with Gasteiger partial charge in [0.25, 0.3) is 0 Å². The molecule has 3 nitrogen and oxygen atoms in total. The second-order valence-electron chi connectivity index (χ2n) is 6.11. The van der Waals surface area contributed by atoms with E-state index in [9.17, 15) is 0 Å². The van der Waals surface area contributed by atoms with Crippen molar-refractivity contribution in [2.75, 3.05) is 33.3 Å². The van der Waals surface area contributed by atoms with Crippen LogP contribution in [0.15, 0.2) is 24.3 Å². The molecule has 1 fully saturated rings. The second kappa shape index (κ2) is 8.40. The summed E-state index contributed by atoms with van der Waals surface area (Å²) < 4.78 is 5.37. The zero-order chi connectivity index (χ0) is 15.1. The lowest BCUT2D eigenvalue weighted by atomic mass is 10.1. The highest BCUT2D eigenvalue weighted by atomic mass is 16.5. The van der Waals surface area contributed by atoms with E-state index in [0.29, 0.717) is 6.04 Å². The van der Waals surface area contributed by atoms with E-state index >= 15 is 0 Å². The van der Waals surface area contributed by atoms with Gasteiger partial charge in [-0.05, 0) is 49.5 Å². The van der Waals surface area contributed by atoms with Crippen LogP contribution in [0.2, 0.25) is 0 Å². The zero-order valence-electron chi connectivity index (χ0n) is 13.8. The molecule has 1 saturated heterocycles. The maximum absolute atomic E-state index is 5.37. The lowest BCUT2D eigenvalue weighted by Gasteiger charge is -2.25. The Hall–Kier alpha value is -1.06. The number of hydrogen-bond acceptors (Lipinski definition) is 3. The van der Waals surface area contributed by atoms with Crippen molar-refractivity contribution in [3.8, 4) is 5.75 Å². The van der Waals surface area contributed by atoms with Gasteiger partial charge in [-0.3, -0.25) is 0 Å². The second-order valence-corrected chi connectivity index (χ2v) is 6.11. The molecule has 2 atom stereocenters. The molecular formula is C18H30N2O.